The van der Waals surface area contributed by atoms with Crippen molar-refractivity contribution in [3.8, 4) is 22.8 Å². The number of aromatic nitrogens is 1. The molecule has 3 aromatic rings. The maximum atomic E-state index is 5.50. The van der Waals surface area contributed by atoms with Gasteiger partial charge in [0.1, 0.15) is 0 Å². The first-order valence-electron chi connectivity index (χ1n) is 8.51. The normalized spacial score (nSPS) is 11.8. The quantitative estimate of drug-likeness (QED) is 0.371. The predicted octanol–water partition coefficient (Wildman–Crippen LogP) is 4.97. The van der Waals surface area contributed by atoms with E-state index in [1.807, 2.05) is 46.5 Å². The zero-order valence-electron chi connectivity index (χ0n) is 15.6. The Morgan fingerprint density at radius 3 is 2.71 bits per heavy atom. The molecule has 0 saturated carbocycles. The lowest BCUT2D eigenvalue weighted by Gasteiger charge is -2.10. The van der Waals surface area contributed by atoms with Crippen LogP contribution in [0.25, 0.3) is 11.3 Å². The molecule has 0 amide bonds. The summed E-state index contributed by atoms with van der Waals surface area (Å²) in [6, 6.07) is 13.8. The Morgan fingerprint density at radius 1 is 1.18 bits per heavy atom. The zero-order chi connectivity index (χ0) is 19.9. The number of benzene rings is 2. The topological polar surface area (TPSA) is 48.1 Å². The molecule has 2 aromatic carbocycles. The molecule has 0 saturated heterocycles. The SMILES string of the molecule is C=CCN=c1scc(-c2cccc(Br)c2)n1N=Cc1cccc(OC)c1OC. The van der Waals surface area contributed by atoms with Crippen molar-refractivity contribution < 1.29 is 9.47 Å². The molecule has 28 heavy (non-hydrogen) atoms. The van der Waals surface area contributed by atoms with E-state index in [-0.39, 0.29) is 0 Å². The lowest BCUT2D eigenvalue weighted by Crippen LogP contribution is -2.12. The Hall–Kier alpha value is -2.64. The van der Waals surface area contributed by atoms with Crippen LogP contribution in [0.2, 0.25) is 0 Å². The van der Waals surface area contributed by atoms with E-state index in [2.05, 4.69) is 33.6 Å². The third-order valence-electron chi connectivity index (χ3n) is 3.91. The highest BCUT2D eigenvalue weighted by Gasteiger charge is 2.10. The molecule has 7 heteroatoms. The molecule has 0 fully saturated rings. The van der Waals surface area contributed by atoms with Gasteiger partial charge in [-0.25, -0.2) is 4.68 Å². The summed E-state index contributed by atoms with van der Waals surface area (Å²) < 4.78 is 13.7. The van der Waals surface area contributed by atoms with E-state index in [4.69, 9.17) is 14.6 Å². The summed E-state index contributed by atoms with van der Waals surface area (Å²) in [6.07, 6.45) is 3.51. The molecule has 0 unspecified atom stereocenters. The summed E-state index contributed by atoms with van der Waals surface area (Å²) in [5.41, 5.74) is 2.81. The third kappa shape index (κ3) is 4.43. The summed E-state index contributed by atoms with van der Waals surface area (Å²) in [4.78, 5) is 5.35. The van der Waals surface area contributed by atoms with Gasteiger partial charge in [-0.1, -0.05) is 40.2 Å². The van der Waals surface area contributed by atoms with Crippen LogP contribution < -0.4 is 14.3 Å². The van der Waals surface area contributed by atoms with Crippen LogP contribution >= 0.6 is 27.3 Å². The zero-order valence-corrected chi connectivity index (χ0v) is 18.0. The summed E-state index contributed by atoms with van der Waals surface area (Å²) in [5, 5.41) is 6.75. The smallest absolute Gasteiger partial charge is 0.206 e. The highest BCUT2D eigenvalue weighted by atomic mass is 79.9. The maximum Gasteiger partial charge on any atom is 0.206 e. The van der Waals surface area contributed by atoms with Crippen LogP contribution in [0.1, 0.15) is 5.56 Å². The van der Waals surface area contributed by atoms with Crippen LogP contribution in [-0.4, -0.2) is 31.7 Å². The van der Waals surface area contributed by atoms with Crippen molar-refractivity contribution in [3.63, 3.8) is 0 Å². The highest BCUT2D eigenvalue weighted by Crippen LogP contribution is 2.29. The molecule has 0 aliphatic rings. The largest absolute Gasteiger partial charge is 0.493 e. The Bertz CT molecular complexity index is 1070. The van der Waals surface area contributed by atoms with E-state index in [1.54, 1.807) is 26.5 Å². The summed E-state index contributed by atoms with van der Waals surface area (Å²) >= 11 is 5.06. The number of rotatable bonds is 7. The maximum absolute atomic E-state index is 5.50. The van der Waals surface area contributed by atoms with Crippen molar-refractivity contribution in [2.24, 2.45) is 10.1 Å². The number of para-hydroxylation sites is 1. The van der Waals surface area contributed by atoms with Gasteiger partial charge in [-0.2, -0.15) is 5.10 Å². The molecule has 0 atom stereocenters. The van der Waals surface area contributed by atoms with E-state index < -0.39 is 0 Å². The van der Waals surface area contributed by atoms with Crippen molar-refractivity contribution in [2.45, 2.75) is 0 Å². The van der Waals surface area contributed by atoms with Gasteiger partial charge in [0.2, 0.25) is 4.80 Å². The van der Waals surface area contributed by atoms with Gasteiger partial charge in [-0.3, -0.25) is 4.99 Å². The highest BCUT2D eigenvalue weighted by molar-refractivity contribution is 9.10. The first kappa shape index (κ1) is 20.1. The molecular formula is C21H20BrN3O2S. The minimum atomic E-state index is 0.524. The second-order valence-electron chi connectivity index (χ2n) is 5.68. The van der Waals surface area contributed by atoms with E-state index in [9.17, 15) is 0 Å². The molecule has 1 aromatic heterocycles. The first-order valence-corrected chi connectivity index (χ1v) is 10.2. The lowest BCUT2D eigenvalue weighted by atomic mass is 10.2. The molecule has 0 N–H and O–H groups in total. The van der Waals surface area contributed by atoms with Gasteiger partial charge in [0.25, 0.3) is 0 Å². The molecule has 0 radical (unpaired) electrons. The van der Waals surface area contributed by atoms with Crippen molar-refractivity contribution in [2.75, 3.05) is 20.8 Å². The molecule has 0 bridgehead atoms. The van der Waals surface area contributed by atoms with Gasteiger partial charge >= 0.3 is 0 Å². The van der Waals surface area contributed by atoms with Crippen LogP contribution in [0.15, 0.2) is 75.1 Å². The molecule has 0 aliphatic carbocycles. The van der Waals surface area contributed by atoms with Crippen molar-refractivity contribution in [1.82, 2.24) is 4.68 Å². The molecule has 1 heterocycles. The summed E-state index contributed by atoms with van der Waals surface area (Å²) in [7, 11) is 3.23. The number of thiazole rings is 1. The second-order valence-corrected chi connectivity index (χ2v) is 7.43. The summed E-state index contributed by atoms with van der Waals surface area (Å²) in [6.45, 7) is 4.27. The van der Waals surface area contributed by atoms with Gasteiger partial charge in [0.15, 0.2) is 11.5 Å². The fourth-order valence-corrected chi connectivity index (χ4v) is 3.89. The molecular weight excluding hydrogens is 438 g/mol. The van der Waals surface area contributed by atoms with Crippen molar-refractivity contribution in [1.29, 1.82) is 0 Å². The van der Waals surface area contributed by atoms with Crippen LogP contribution in [-0.2, 0) is 0 Å². The monoisotopic (exact) mass is 457 g/mol. The van der Waals surface area contributed by atoms with Crippen LogP contribution in [0.3, 0.4) is 0 Å². The second kappa shape index (κ2) is 9.52. The Balaban J connectivity index is 2.11. The van der Waals surface area contributed by atoms with Crippen molar-refractivity contribution in [3.05, 3.63) is 75.3 Å². The number of nitrogens with zero attached hydrogens (tertiary/aromatic N) is 3. The molecule has 5 nitrogen and oxygen atoms in total. The average molecular weight is 458 g/mol. The van der Waals surface area contributed by atoms with E-state index in [0.717, 1.165) is 26.1 Å². The predicted molar refractivity (Wildman–Crippen MR) is 119 cm³/mol. The Labute approximate surface area is 176 Å². The van der Waals surface area contributed by atoms with Crippen LogP contribution in [0.5, 0.6) is 11.5 Å². The van der Waals surface area contributed by atoms with Gasteiger partial charge in [0, 0.05) is 21.0 Å². The fourth-order valence-electron chi connectivity index (χ4n) is 2.64. The molecule has 0 spiro atoms. The van der Waals surface area contributed by atoms with E-state index in [0.29, 0.717) is 18.0 Å². The molecule has 0 aliphatic heterocycles. The van der Waals surface area contributed by atoms with Crippen molar-refractivity contribution >= 4 is 33.5 Å². The van der Waals surface area contributed by atoms with Gasteiger partial charge < -0.3 is 9.47 Å². The number of hydrogen-bond donors (Lipinski definition) is 0. The van der Waals surface area contributed by atoms with Crippen LogP contribution in [0.4, 0.5) is 0 Å². The van der Waals surface area contributed by atoms with E-state index >= 15 is 0 Å². The van der Waals surface area contributed by atoms with Gasteiger partial charge in [0.05, 0.1) is 32.7 Å². The summed E-state index contributed by atoms with van der Waals surface area (Å²) in [5.74, 6) is 1.30. The number of methoxy groups -OCH3 is 2. The first-order chi connectivity index (χ1) is 13.7. The minimum Gasteiger partial charge on any atom is -0.493 e. The standard InChI is InChI=1S/C21H20BrN3O2S/c1-4-11-23-21-25(18(14-28-21)15-7-5-9-17(22)12-15)24-13-16-8-6-10-19(26-2)20(16)27-3/h4-10,12-14H,1,11H2,2-3H3. The fraction of sp³-hybridized carbons (Fsp3) is 0.143. The third-order valence-corrected chi connectivity index (χ3v) is 5.25. The minimum absolute atomic E-state index is 0.524. The van der Waals surface area contributed by atoms with Gasteiger partial charge in [-0.15, -0.1) is 17.9 Å². The van der Waals surface area contributed by atoms with E-state index in [1.165, 1.54) is 11.3 Å². The number of ether oxygens (including phenoxy) is 2. The number of halogens is 1. The Morgan fingerprint density at radius 2 is 2.00 bits per heavy atom. The number of hydrogen-bond acceptors (Lipinski definition) is 5. The van der Waals surface area contributed by atoms with Crippen LogP contribution in [0, 0.1) is 0 Å². The Kier molecular flexibility index (Phi) is 6.84. The molecule has 144 valence electrons. The van der Waals surface area contributed by atoms with Gasteiger partial charge in [-0.05, 0) is 24.3 Å². The molecule has 3 rings (SSSR count). The average Bonchev–Trinajstić information content (AvgIpc) is 3.12. The lowest BCUT2D eigenvalue weighted by molar-refractivity contribution is 0.354.